The van der Waals surface area contributed by atoms with Gasteiger partial charge in [-0.05, 0) is 24.3 Å². The molecule has 2 N–H and O–H groups in total. The van der Waals surface area contributed by atoms with Gasteiger partial charge in [0.15, 0.2) is 0 Å². The molecule has 0 amide bonds. The lowest BCUT2D eigenvalue weighted by Crippen LogP contribution is -2.06. The van der Waals surface area contributed by atoms with Gasteiger partial charge in [0.05, 0.1) is 21.8 Å². The molecule has 0 aliphatic rings. The van der Waals surface area contributed by atoms with Crippen molar-refractivity contribution in [2.24, 2.45) is 0 Å². The largest absolute Gasteiger partial charge is 0.353 e. The van der Waals surface area contributed by atoms with Crippen LogP contribution in [0.4, 0.5) is 28.8 Å². The Kier molecular flexibility index (Phi) is 4.43. The van der Waals surface area contributed by atoms with Crippen LogP contribution < -0.4 is 10.6 Å². The summed E-state index contributed by atoms with van der Waals surface area (Å²) in [5, 5.41) is 17.6. The highest BCUT2D eigenvalue weighted by Gasteiger charge is 2.23. The number of hydrogen-bond donors (Lipinski definition) is 2. The highest BCUT2D eigenvalue weighted by molar-refractivity contribution is 6.30. The third-order valence-electron chi connectivity index (χ3n) is 2.90. The van der Waals surface area contributed by atoms with Crippen LogP contribution in [0, 0.1) is 10.1 Å². The van der Waals surface area contributed by atoms with Crippen LogP contribution in [0.15, 0.2) is 49.2 Å². The summed E-state index contributed by atoms with van der Waals surface area (Å²) in [5.41, 5.74) is 0.257. The van der Waals surface area contributed by atoms with Crippen molar-refractivity contribution in [3.63, 3.8) is 0 Å². The minimum atomic E-state index is -0.572. The molecule has 0 fully saturated rings. The maximum Gasteiger partial charge on any atom is 0.353 e. The van der Waals surface area contributed by atoms with Gasteiger partial charge in [0.2, 0.25) is 11.6 Å². The van der Waals surface area contributed by atoms with Gasteiger partial charge in [-0.3, -0.25) is 15.1 Å². The van der Waals surface area contributed by atoms with Crippen molar-refractivity contribution in [3.8, 4) is 0 Å². The van der Waals surface area contributed by atoms with Crippen molar-refractivity contribution < 1.29 is 4.92 Å². The second-order valence-electron chi connectivity index (χ2n) is 4.53. The van der Waals surface area contributed by atoms with E-state index < -0.39 is 4.92 Å². The Morgan fingerprint density at radius 3 is 2.46 bits per heavy atom. The summed E-state index contributed by atoms with van der Waals surface area (Å²) >= 11 is 5.77. The topological polar surface area (TPSA) is 119 Å². The van der Waals surface area contributed by atoms with Crippen molar-refractivity contribution in [1.29, 1.82) is 0 Å². The fraction of sp³-hybridized carbons (Fsp3) is 0. The zero-order valence-corrected chi connectivity index (χ0v) is 12.8. The van der Waals surface area contributed by atoms with E-state index in [4.69, 9.17) is 11.6 Å². The smallest absolute Gasteiger partial charge is 0.333 e. The number of anilines is 4. The molecule has 3 aromatic heterocycles. The monoisotopic (exact) mass is 343 g/mol. The molecule has 0 saturated carbocycles. The molecule has 24 heavy (non-hydrogen) atoms. The van der Waals surface area contributed by atoms with Crippen LogP contribution in [-0.2, 0) is 0 Å². The highest BCUT2D eigenvalue weighted by Crippen LogP contribution is 2.32. The molecule has 0 spiro atoms. The lowest BCUT2D eigenvalue weighted by atomic mass is 10.3. The summed E-state index contributed by atoms with van der Waals surface area (Å²) in [6.07, 6.45) is 5.76. The van der Waals surface area contributed by atoms with E-state index in [-0.39, 0.29) is 17.3 Å². The van der Waals surface area contributed by atoms with Crippen molar-refractivity contribution in [2.45, 2.75) is 0 Å². The van der Waals surface area contributed by atoms with Gasteiger partial charge in [-0.25, -0.2) is 15.0 Å². The molecule has 0 saturated heterocycles. The van der Waals surface area contributed by atoms with E-state index in [1.807, 2.05) is 0 Å². The number of nitro groups is 1. The first-order chi connectivity index (χ1) is 11.6. The van der Waals surface area contributed by atoms with E-state index in [0.717, 1.165) is 0 Å². The van der Waals surface area contributed by atoms with E-state index in [9.17, 15) is 10.1 Å². The molecule has 0 aromatic carbocycles. The van der Waals surface area contributed by atoms with Gasteiger partial charge in [-0.2, -0.15) is 0 Å². The number of nitrogens with zero attached hydrogens (tertiary/aromatic N) is 5. The average molecular weight is 344 g/mol. The number of rotatable bonds is 5. The molecule has 0 bridgehead atoms. The second kappa shape index (κ2) is 6.84. The standard InChI is InChI=1S/C14H10ClN7O2/c15-9-3-4-11(17-6-9)21-14-12(22(23)24)13(18-8-19-14)20-10-2-1-5-16-7-10/h1-8H,(H2,17,18,19,20,21). The Hall–Kier alpha value is -3.33. The van der Waals surface area contributed by atoms with Gasteiger partial charge in [0.1, 0.15) is 12.1 Å². The third kappa shape index (κ3) is 3.52. The van der Waals surface area contributed by atoms with E-state index >= 15 is 0 Å². The van der Waals surface area contributed by atoms with Crippen LogP contribution in [0.5, 0.6) is 0 Å². The Labute approximate surface area is 140 Å². The quantitative estimate of drug-likeness (QED) is 0.535. The number of hydrogen-bond acceptors (Lipinski definition) is 8. The fourth-order valence-corrected chi connectivity index (χ4v) is 1.99. The van der Waals surface area contributed by atoms with Gasteiger partial charge >= 0.3 is 5.69 Å². The van der Waals surface area contributed by atoms with Crippen molar-refractivity contribution in [3.05, 3.63) is 64.3 Å². The van der Waals surface area contributed by atoms with Crippen LogP contribution in [0.1, 0.15) is 0 Å². The molecule has 3 aromatic rings. The van der Waals surface area contributed by atoms with Crippen LogP contribution >= 0.6 is 11.6 Å². The summed E-state index contributed by atoms with van der Waals surface area (Å²) in [6.45, 7) is 0. The molecule has 0 radical (unpaired) electrons. The van der Waals surface area contributed by atoms with Crippen molar-refractivity contribution >= 4 is 40.4 Å². The highest BCUT2D eigenvalue weighted by atomic mass is 35.5. The predicted octanol–water partition coefficient (Wildman–Crippen LogP) is 3.32. The molecule has 10 heteroatoms. The molecular formula is C14H10ClN7O2. The van der Waals surface area contributed by atoms with E-state index in [1.165, 1.54) is 18.7 Å². The van der Waals surface area contributed by atoms with Gasteiger partial charge in [0.25, 0.3) is 0 Å². The zero-order chi connectivity index (χ0) is 16.9. The number of halogens is 1. The normalized spacial score (nSPS) is 10.2. The van der Waals surface area contributed by atoms with Gasteiger partial charge < -0.3 is 10.6 Å². The molecule has 0 atom stereocenters. The molecular weight excluding hydrogens is 334 g/mol. The first-order valence-electron chi connectivity index (χ1n) is 6.68. The van der Waals surface area contributed by atoms with Crippen molar-refractivity contribution in [2.75, 3.05) is 10.6 Å². The summed E-state index contributed by atoms with van der Waals surface area (Å²) in [6, 6.07) is 6.61. The maximum atomic E-state index is 11.5. The van der Waals surface area contributed by atoms with Gasteiger partial charge in [-0.1, -0.05) is 11.6 Å². The van der Waals surface area contributed by atoms with Crippen LogP contribution in [-0.4, -0.2) is 24.9 Å². The van der Waals surface area contributed by atoms with E-state index in [1.54, 1.807) is 30.5 Å². The lowest BCUT2D eigenvalue weighted by molar-refractivity contribution is -0.383. The molecule has 0 unspecified atom stereocenters. The SMILES string of the molecule is O=[N+]([O-])c1c(Nc2cccnc2)ncnc1Nc1ccc(Cl)cn1. The van der Waals surface area contributed by atoms with E-state index in [0.29, 0.717) is 16.5 Å². The summed E-state index contributed by atoms with van der Waals surface area (Å²) < 4.78 is 0. The average Bonchev–Trinajstić information content (AvgIpc) is 2.58. The Bertz CT molecular complexity index is 859. The summed E-state index contributed by atoms with van der Waals surface area (Å²) in [7, 11) is 0. The predicted molar refractivity (Wildman–Crippen MR) is 88.7 cm³/mol. The third-order valence-corrected chi connectivity index (χ3v) is 3.13. The Balaban J connectivity index is 1.96. The van der Waals surface area contributed by atoms with Crippen LogP contribution in [0.3, 0.4) is 0 Å². The van der Waals surface area contributed by atoms with Crippen LogP contribution in [0.25, 0.3) is 0 Å². The first kappa shape index (κ1) is 15.6. The number of nitrogens with one attached hydrogen (secondary N) is 2. The van der Waals surface area contributed by atoms with Crippen molar-refractivity contribution in [1.82, 2.24) is 19.9 Å². The minimum absolute atomic E-state index is 0.0104. The molecule has 0 aliphatic carbocycles. The Morgan fingerprint density at radius 1 is 1.04 bits per heavy atom. The first-order valence-corrected chi connectivity index (χ1v) is 7.06. The minimum Gasteiger partial charge on any atom is -0.333 e. The molecule has 120 valence electrons. The number of pyridine rings is 2. The molecule has 0 aliphatic heterocycles. The lowest BCUT2D eigenvalue weighted by Gasteiger charge is -2.09. The fourth-order valence-electron chi connectivity index (χ4n) is 1.88. The molecule has 3 heterocycles. The number of aromatic nitrogens is 4. The van der Waals surface area contributed by atoms with Gasteiger partial charge in [-0.15, -0.1) is 0 Å². The van der Waals surface area contributed by atoms with E-state index in [2.05, 4.69) is 30.6 Å². The second-order valence-corrected chi connectivity index (χ2v) is 4.97. The zero-order valence-electron chi connectivity index (χ0n) is 12.0. The van der Waals surface area contributed by atoms with Crippen LogP contribution in [0.2, 0.25) is 5.02 Å². The molecule has 9 nitrogen and oxygen atoms in total. The molecule has 3 rings (SSSR count). The van der Waals surface area contributed by atoms with Gasteiger partial charge in [0, 0.05) is 12.4 Å². The Morgan fingerprint density at radius 2 is 1.83 bits per heavy atom. The maximum absolute atomic E-state index is 11.5. The summed E-state index contributed by atoms with van der Waals surface area (Å²) in [5.74, 6) is 0.421. The summed E-state index contributed by atoms with van der Waals surface area (Å²) in [4.78, 5) is 26.7.